The lowest BCUT2D eigenvalue weighted by molar-refractivity contribution is 0.0942. The van der Waals surface area contributed by atoms with E-state index in [1.807, 2.05) is 26.0 Å². The van der Waals surface area contributed by atoms with Crippen LogP contribution in [-0.4, -0.2) is 15.7 Å². The highest BCUT2D eigenvalue weighted by Crippen LogP contribution is 2.14. The molecular weight excluding hydrogens is 254 g/mol. The Morgan fingerprint density at radius 2 is 2.33 bits per heavy atom. The number of hydrogen-bond acceptors (Lipinski definition) is 3. The lowest BCUT2D eigenvalue weighted by atomic mass is 10.4. The van der Waals surface area contributed by atoms with E-state index in [0.29, 0.717) is 23.9 Å². The van der Waals surface area contributed by atoms with Crippen LogP contribution in [0, 0.1) is 6.92 Å². The molecule has 0 aliphatic heterocycles. The number of aromatic nitrogens is 2. The van der Waals surface area contributed by atoms with Gasteiger partial charge in [-0.25, -0.2) is 0 Å². The quantitative estimate of drug-likeness (QED) is 0.925. The zero-order chi connectivity index (χ0) is 13.1. The van der Waals surface area contributed by atoms with Gasteiger partial charge in [-0.2, -0.15) is 5.10 Å². The van der Waals surface area contributed by atoms with Gasteiger partial charge in [-0.15, -0.1) is 0 Å². The van der Waals surface area contributed by atoms with Crippen molar-refractivity contribution in [3.8, 4) is 0 Å². The largest absolute Gasteiger partial charge is 0.465 e. The number of nitrogens with one attached hydrogen (secondary N) is 1. The minimum Gasteiger partial charge on any atom is -0.465 e. The molecule has 0 fully saturated rings. The van der Waals surface area contributed by atoms with E-state index < -0.39 is 0 Å². The van der Waals surface area contributed by atoms with Gasteiger partial charge in [0.05, 0.1) is 11.6 Å². The lowest BCUT2D eigenvalue weighted by Gasteiger charge is -2.00. The van der Waals surface area contributed by atoms with E-state index in [4.69, 9.17) is 16.0 Å². The van der Waals surface area contributed by atoms with Crippen molar-refractivity contribution in [2.45, 2.75) is 26.9 Å². The Labute approximate surface area is 110 Å². The van der Waals surface area contributed by atoms with Gasteiger partial charge in [0.1, 0.15) is 11.5 Å². The fourth-order valence-corrected chi connectivity index (χ4v) is 1.78. The second kappa shape index (κ2) is 5.27. The lowest BCUT2D eigenvalue weighted by Crippen LogP contribution is -2.23. The Balaban J connectivity index is 2.01. The molecular formula is C12H14ClN3O2. The Morgan fingerprint density at radius 1 is 1.56 bits per heavy atom. The highest BCUT2D eigenvalue weighted by molar-refractivity contribution is 6.33. The first kappa shape index (κ1) is 12.7. The standard InChI is InChI=1S/C12H14ClN3O2/c1-3-16-7-10(13)11(15-16)12(17)14-6-9-5-4-8(2)18-9/h4-5,7H,3,6H2,1-2H3,(H,14,17). The highest BCUT2D eigenvalue weighted by Gasteiger charge is 2.15. The van der Waals surface area contributed by atoms with Gasteiger partial charge in [0, 0.05) is 12.7 Å². The molecule has 6 heteroatoms. The summed E-state index contributed by atoms with van der Waals surface area (Å²) in [5.74, 6) is 1.21. The van der Waals surface area contributed by atoms with Gasteiger partial charge >= 0.3 is 0 Å². The van der Waals surface area contributed by atoms with Crippen LogP contribution in [0.25, 0.3) is 0 Å². The molecule has 18 heavy (non-hydrogen) atoms. The predicted octanol–water partition coefficient (Wildman–Crippen LogP) is 2.39. The third kappa shape index (κ3) is 2.73. The minimum absolute atomic E-state index is 0.238. The van der Waals surface area contributed by atoms with Crippen LogP contribution >= 0.6 is 11.6 Å². The molecule has 96 valence electrons. The maximum absolute atomic E-state index is 11.9. The van der Waals surface area contributed by atoms with Crippen LogP contribution in [0.2, 0.25) is 5.02 Å². The molecule has 2 aromatic rings. The van der Waals surface area contributed by atoms with Crippen LogP contribution in [0.1, 0.15) is 28.9 Å². The number of aryl methyl sites for hydroxylation is 2. The van der Waals surface area contributed by atoms with E-state index in [0.717, 1.165) is 5.76 Å². The Bertz CT molecular complexity index is 559. The van der Waals surface area contributed by atoms with E-state index in [1.165, 1.54) is 0 Å². The number of carbonyl (C=O) groups excluding carboxylic acids is 1. The van der Waals surface area contributed by atoms with Crippen molar-refractivity contribution in [2.24, 2.45) is 0 Å². The molecule has 5 nitrogen and oxygen atoms in total. The molecule has 1 N–H and O–H groups in total. The van der Waals surface area contributed by atoms with Gasteiger partial charge in [-0.3, -0.25) is 9.48 Å². The van der Waals surface area contributed by atoms with E-state index in [1.54, 1.807) is 10.9 Å². The monoisotopic (exact) mass is 267 g/mol. The predicted molar refractivity (Wildman–Crippen MR) is 67.5 cm³/mol. The third-order valence-electron chi connectivity index (χ3n) is 2.48. The average molecular weight is 268 g/mol. The van der Waals surface area contributed by atoms with Crippen LogP contribution < -0.4 is 5.32 Å². The fraction of sp³-hybridized carbons (Fsp3) is 0.333. The van der Waals surface area contributed by atoms with E-state index in [2.05, 4.69) is 10.4 Å². The van der Waals surface area contributed by atoms with Crippen molar-refractivity contribution < 1.29 is 9.21 Å². The number of amides is 1. The zero-order valence-electron chi connectivity index (χ0n) is 10.2. The summed E-state index contributed by atoms with van der Waals surface area (Å²) in [6, 6.07) is 3.67. The smallest absolute Gasteiger partial charge is 0.273 e. The molecule has 0 unspecified atom stereocenters. The molecule has 0 saturated carbocycles. The summed E-state index contributed by atoms with van der Waals surface area (Å²) in [7, 11) is 0. The number of carbonyl (C=O) groups is 1. The third-order valence-corrected chi connectivity index (χ3v) is 2.75. The van der Waals surface area contributed by atoms with Gasteiger partial charge in [0.15, 0.2) is 5.69 Å². The van der Waals surface area contributed by atoms with Crippen LogP contribution in [0.15, 0.2) is 22.7 Å². The molecule has 0 aromatic carbocycles. The summed E-state index contributed by atoms with van der Waals surface area (Å²) >= 11 is 5.94. The number of hydrogen-bond donors (Lipinski definition) is 1. The van der Waals surface area contributed by atoms with Crippen molar-refractivity contribution in [3.63, 3.8) is 0 Å². The van der Waals surface area contributed by atoms with Gasteiger partial charge in [-0.1, -0.05) is 11.6 Å². The topological polar surface area (TPSA) is 60.1 Å². The van der Waals surface area contributed by atoms with Crippen molar-refractivity contribution in [2.75, 3.05) is 0 Å². The van der Waals surface area contributed by atoms with Crippen molar-refractivity contribution in [1.29, 1.82) is 0 Å². The summed E-state index contributed by atoms with van der Waals surface area (Å²) in [5.41, 5.74) is 0.238. The van der Waals surface area contributed by atoms with Crippen molar-refractivity contribution >= 4 is 17.5 Å². The average Bonchev–Trinajstić information content (AvgIpc) is 2.92. The van der Waals surface area contributed by atoms with Crippen LogP contribution in [0.3, 0.4) is 0 Å². The molecule has 1 amide bonds. The maximum atomic E-state index is 11.9. The van der Waals surface area contributed by atoms with Gasteiger partial charge in [0.2, 0.25) is 0 Å². The molecule has 2 rings (SSSR count). The number of rotatable bonds is 4. The second-order valence-electron chi connectivity index (χ2n) is 3.88. The van der Waals surface area contributed by atoms with Crippen LogP contribution in [-0.2, 0) is 13.1 Å². The molecule has 0 aliphatic carbocycles. The van der Waals surface area contributed by atoms with E-state index in [9.17, 15) is 4.79 Å². The highest BCUT2D eigenvalue weighted by atomic mass is 35.5. The zero-order valence-corrected chi connectivity index (χ0v) is 11.0. The molecule has 0 spiro atoms. The van der Waals surface area contributed by atoms with E-state index in [-0.39, 0.29) is 11.6 Å². The van der Waals surface area contributed by atoms with Crippen molar-refractivity contribution in [1.82, 2.24) is 15.1 Å². The molecule has 2 aromatic heterocycles. The normalized spacial score (nSPS) is 10.6. The summed E-state index contributed by atoms with van der Waals surface area (Å²) in [6.07, 6.45) is 1.63. The number of halogens is 1. The molecule has 0 atom stereocenters. The van der Waals surface area contributed by atoms with Gasteiger partial charge in [0.25, 0.3) is 5.91 Å². The number of nitrogens with zero attached hydrogens (tertiary/aromatic N) is 2. The number of furan rings is 1. The minimum atomic E-state index is -0.304. The summed E-state index contributed by atoms with van der Waals surface area (Å²) < 4.78 is 6.97. The molecule has 0 radical (unpaired) electrons. The summed E-state index contributed by atoms with van der Waals surface area (Å²) in [4.78, 5) is 11.9. The first-order valence-electron chi connectivity index (χ1n) is 5.66. The van der Waals surface area contributed by atoms with Gasteiger partial charge < -0.3 is 9.73 Å². The Kier molecular flexibility index (Phi) is 3.72. The maximum Gasteiger partial charge on any atom is 0.273 e. The van der Waals surface area contributed by atoms with Crippen molar-refractivity contribution in [3.05, 3.63) is 40.6 Å². The molecule has 0 aliphatic rings. The summed E-state index contributed by atoms with van der Waals surface area (Å²) in [5, 5.41) is 7.15. The molecule has 0 bridgehead atoms. The SMILES string of the molecule is CCn1cc(Cl)c(C(=O)NCc2ccc(C)o2)n1. The van der Waals surface area contributed by atoms with Gasteiger partial charge in [-0.05, 0) is 26.0 Å². The van der Waals surface area contributed by atoms with Crippen LogP contribution in [0.5, 0.6) is 0 Å². The molecule has 2 heterocycles. The van der Waals surface area contributed by atoms with E-state index >= 15 is 0 Å². The Hall–Kier alpha value is -1.75. The first-order chi connectivity index (χ1) is 8.60. The fourth-order valence-electron chi connectivity index (χ4n) is 1.54. The first-order valence-corrected chi connectivity index (χ1v) is 6.04. The van der Waals surface area contributed by atoms with Crippen LogP contribution in [0.4, 0.5) is 0 Å². The Morgan fingerprint density at radius 3 is 2.89 bits per heavy atom. The molecule has 0 saturated heterocycles. The second-order valence-corrected chi connectivity index (χ2v) is 4.28. The summed E-state index contributed by atoms with van der Waals surface area (Å²) in [6.45, 7) is 4.77.